The van der Waals surface area contributed by atoms with Gasteiger partial charge in [-0.05, 0) is 44.2 Å². The number of hydrogen-bond donors (Lipinski definition) is 1. The molecule has 0 amide bonds. The second-order valence-electron chi connectivity index (χ2n) is 4.57. The fourth-order valence-electron chi connectivity index (χ4n) is 1.85. The molecule has 0 saturated heterocycles. The lowest BCUT2D eigenvalue weighted by Gasteiger charge is -2.05. The van der Waals surface area contributed by atoms with Crippen molar-refractivity contribution in [3.63, 3.8) is 0 Å². The molecular weight excluding hydrogens is 242 g/mol. The summed E-state index contributed by atoms with van der Waals surface area (Å²) >= 11 is 0. The summed E-state index contributed by atoms with van der Waals surface area (Å²) in [4.78, 5) is 4.26. The van der Waals surface area contributed by atoms with Crippen LogP contribution >= 0.6 is 0 Å². The molecule has 5 heteroatoms. The van der Waals surface area contributed by atoms with Gasteiger partial charge in [-0.3, -0.25) is 0 Å². The molecule has 0 radical (unpaired) electrons. The van der Waals surface area contributed by atoms with Crippen LogP contribution in [-0.2, 0) is 13.0 Å². The molecule has 1 aromatic carbocycles. The highest BCUT2D eigenvalue weighted by atomic mass is 16.5. The van der Waals surface area contributed by atoms with Gasteiger partial charge in [0.15, 0.2) is 12.4 Å². The Morgan fingerprint density at radius 2 is 1.95 bits per heavy atom. The van der Waals surface area contributed by atoms with Crippen LogP contribution in [0, 0.1) is 13.8 Å². The van der Waals surface area contributed by atoms with E-state index in [4.69, 9.17) is 9.26 Å². The summed E-state index contributed by atoms with van der Waals surface area (Å²) in [5, 5.41) is 6.94. The van der Waals surface area contributed by atoms with Crippen molar-refractivity contribution in [3.8, 4) is 5.75 Å². The third-order valence-corrected chi connectivity index (χ3v) is 2.67. The molecule has 1 heterocycles. The van der Waals surface area contributed by atoms with Crippen LogP contribution in [0.4, 0.5) is 0 Å². The monoisotopic (exact) mass is 261 g/mol. The van der Waals surface area contributed by atoms with Crippen molar-refractivity contribution in [1.82, 2.24) is 15.5 Å². The van der Waals surface area contributed by atoms with Crippen molar-refractivity contribution in [1.29, 1.82) is 0 Å². The van der Waals surface area contributed by atoms with Crippen LogP contribution in [-0.4, -0.2) is 23.7 Å². The standard InChI is InChI=1S/C14H19N3O2/c1-10-6-11(2)8-12(7-10)18-9-14-16-13(17-19-14)4-5-15-3/h6-8,15H,4-5,9H2,1-3H3. The van der Waals surface area contributed by atoms with Gasteiger partial charge in [-0.1, -0.05) is 11.2 Å². The molecule has 0 aliphatic heterocycles. The molecule has 0 aliphatic rings. The smallest absolute Gasteiger partial charge is 0.264 e. The first-order chi connectivity index (χ1) is 9.17. The second kappa shape index (κ2) is 6.33. The highest BCUT2D eigenvalue weighted by Crippen LogP contribution is 2.17. The van der Waals surface area contributed by atoms with Gasteiger partial charge in [-0.15, -0.1) is 0 Å². The molecule has 19 heavy (non-hydrogen) atoms. The maximum atomic E-state index is 5.66. The van der Waals surface area contributed by atoms with Crippen LogP contribution in [0.15, 0.2) is 22.7 Å². The number of rotatable bonds is 6. The molecule has 1 aromatic heterocycles. The summed E-state index contributed by atoms with van der Waals surface area (Å²) in [6.45, 7) is 5.22. The van der Waals surface area contributed by atoms with Crippen LogP contribution in [0.5, 0.6) is 5.75 Å². The van der Waals surface area contributed by atoms with E-state index in [0.29, 0.717) is 18.3 Å². The molecule has 0 aliphatic carbocycles. The highest BCUT2D eigenvalue weighted by molar-refractivity contribution is 5.32. The number of aryl methyl sites for hydroxylation is 2. The van der Waals surface area contributed by atoms with E-state index in [1.165, 1.54) is 11.1 Å². The van der Waals surface area contributed by atoms with Gasteiger partial charge < -0.3 is 14.6 Å². The first-order valence-electron chi connectivity index (χ1n) is 6.34. The third kappa shape index (κ3) is 4.06. The van der Waals surface area contributed by atoms with Gasteiger partial charge in [0.25, 0.3) is 5.89 Å². The highest BCUT2D eigenvalue weighted by Gasteiger charge is 2.07. The van der Waals surface area contributed by atoms with E-state index in [2.05, 4.69) is 21.5 Å². The summed E-state index contributed by atoms with van der Waals surface area (Å²) in [7, 11) is 1.89. The van der Waals surface area contributed by atoms with Crippen LogP contribution in [0.3, 0.4) is 0 Å². The van der Waals surface area contributed by atoms with E-state index >= 15 is 0 Å². The van der Waals surface area contributed by atoms with Crippen molar-refractivity contribution >= 4 is 0 Å². The predicted molar refractivity (Wildman–Crippen MR) is 72.2 cm³/mol. The van der Waals surface area contributed by atoms with Gasteiger partial charge in [0.05, 0.1) is 0 Å². The van der Waals surface area contributed by atoms with Crippen LogP contribution in [0.25, 0.3) is 0 Å². The average Bonchev–Trinajstić information content (AvgIpc) is 2.81. The van der Waals surface area contributed by atoms with Gasteiger partial charge in [0.2, 0.25) is 0 Å². The minimum atomic E-state index is 0.301. The van der Waals surface area contributed by atoms with Crippen molar-refractivity contribution in [2.24, 2.45) is 0 Å². The van der Waals surface area contributed by atoms with Crippen molar-refractivity contribution in [2.45, 2.75) is 26.9 Å². The molecule has 0 spiro atoms. The molecule has 0 unspecified atom stereocenters. The Balaban J connectivity index is 1.92. The molecule has 0 bridgehead atoms. The van der Waals surface area contributed by atoms with Gasteiger partial charge in [-0.25, -0.2) is 0 Å². The van der Waals surface area contributed by atoms with Gasteiger partial charge in [0, 0.05) is 13.0 Å². The predicted octanol–water partition coefficient (Wildman–Crippen LogP) is 2.03. The molecule has 0 saturated carbocycles. The number of benzene rings is 1. The molecule has 2 rings (SSSR count). The second-order valence-corrected chi connectivity index (χ2v) is 4.57. The van der Waals surface area contributed by atoms with E-state index < -0.39 is 0 Å². The number of ether oxygens (including phenoxy) is 1. The first kappa shape index (κ1) is 13.5. The molecule has 0 fully saturated rings. The largest absolute Gasteiger partial charge is 0.484 e. The van der Waals surface area contributed by atoms with E-state index in [9.17, 15) is 0 Å². The van der Waals surface area contributed by atoms with E-state index in [1.54, 1.807) is 0 Å². The van der Waals surface area contributed by atoms with Crippen molar-refractivity contribution in [2.75, 3.05) is 13.6 Å². The minimum Gasteiger partial charge on any atom is -0.484 e. The van der Waals surface area contributed by atoms with Gasteiger partial charge in [-0.2, -0.15) is 4.98 Å². The fraction of sp³-hybridized carbons (Fsp3) is 0.429. The number of aromatic nitrogens is 2. The number of likely N-dealkylation sites (N-methyl/N-ethyl adjacent to an activating group) is 1. The molecule has 102 valence electrons. The summed E-state index contributed by atoms with van der Waals surface area (Å²) in [5.41, 5.74) is 2.35. The minimum absolute atomic E-state index is 0.301. The van der Waals surface area contributed by atoms with Crippen molar-refractivity contribution in [3.05, 3.63) is 41.0 Å². The van der Waals surface area contributed by atoms with Crippen LogP contribution in [0.1, 0.15) is 22.8 Å². The number of hydrogen-bond acceptors (Lipinski definition) is 5. The SMILES string of the molecule is CNCCc1noc(COc2cc(C)cc(C)c2)n1. The Morgan fingerprint density at radius 1 is 1.21 bits per heavy atom. The Labute approximate surface area is 113 Å². The zero-order chi connectivity index (χ0) is 13.7. The Kier molecular flexibility index (Phi) is 4.52. The lowest BCUT2D eigenvalue weighted by atomic mass is 10.1. The van der Waals surface area contributed by atoms with Crippen LogP contribution < -0.4 is 10.1 Å². The molecule has 1 N–H and O–H groups in total. The maximum absolute atomic E-state index is 5.66. The van der Waals surface area contributed by atoms with E-state index in [-0.39, 0.29) is 0 Å². The third-order valence-electron chi connectivity index (χ3n) is 2.67. The maximum Gasteiger partial charge on any atom is 0.264 e. The Hall–Kier alpha value is -1.88. The summed E-state index contributed by atoms with van der Waals surface area (Å²) in [6, 6.07) is 6.09. The number of nitrogens with zero attached hydrogens (tertiary/aromatic N) is 2. The quantitative estimate of drug-likeness (QED) is 0.862. The van der Waals surface area contributed by atoms with E-state index in [1.807, 2.05) is 33.0 Å². The Morgan fingerprint density at radius 3 is 2.63 bits per heavy atom. The lowest BCUT2D eigenvalue weighted by Crippen LogP contribution is -2.11. The topological polar surface area (TPSA) is 60.2 Å². The first-order valence-corrected chi connectivity index (χ1v) is 6.34. The lowest BCUT2D eigenvalue weighted by molar-refractivity contribution is 0.242. The summed E-state index contributed by atoms with van der Waals surface area (Å²) in [6.07, 6.45) is 0.754. The summed E-state index contributed by atoms with van der Waals surface area (Å²) in [5.74, 6) is 2.03. The molecule has 2 aromatic rings. The molecule has 0 atom stereocenters. The fourth-order valence-corrected chi connectivity index (χ4v) is 1.85. The Bertz CT molecular complexity index is 517. The average molecular weight is 261 g/mol. The molecular formula is C14H19N3O2. The van der Waals surface area contributed by atoms with Gasteiger partial charge in [0.1, 0.15) is 5.75 Å². The summed E-state index contributed by atoms with van der Waals surface area (Å²) < 4.78 is 10.8. The normalized spacial score (nSPS) is 10.7. The van der Waals surface area contributed by atoms with Crippen molar-refractivity contribution < 1.29 is 9.26 Å². The van der Waals surface area contributed by atoms with Gasteiger partial charge >= 0.3 is 0 Å². The number of nitrogens with one attached hydrogen (secondary N) is 1. The zero-order valence-corrected chi connectivity index (χ0v) is 11.6. The zero-order valence-electron chi connectivity index (χ0n) is 11.6. The van der Waals surface area contributed by atoms with Crippen LogP contribution in [0.2, 0.25) is 0 Å². The molecule has 5 nitrogen and oxygen atoms in total. The van der Waals surface area contributed by atoms with E-state index in [0.717, 1.165) is 18.7 Å².